The lowest BCUT2D eigenvalue weighted by Crippen LogP contribution is -2.43. The predicted octanol–water partition coefficient (Wildman–Crippen LogP) is 1.89. The third kappa shape index (κ3) is 4.11. The van der Waals surface area contributed by atoms with Crippen LogP contribution in [-0.2, 0) is 6.54 Å². The molecule has 4 heteroatoms. The van der Waals surface area contributed by atoms with Crippen LogP contribution >= 0.6 is 0 Å². The van der Waals surface area contributed by atoms with Gasteiger partial charge in [0.25, 0.3) is 0 Å². The molecule has 1 fully saturated rings. The molecule has 0 spiro atoms. The van der Waals surface area contributed by atoms with Crippen molar-refractivity contribution in [1.82, 2.24) is 10.2 Å². The Labute approximate surface area is 115 Å². The minimum Gasteiger partial charge on any atom is -0.497 e. The molecule has 0 radical (unpaired) electrons. The first-order valence-corrected chi connectivity index (χ1v) is 6.85. The summed E-state index contributed by atoms with van der Waals surface area (Å²) in [6, 6.07) is 6.60. The first-order valence-electron chi connectivity index (χ1n) is 6.85. The van der Waals surface area contributed by atoms with E-state index in [-0.39, 0.29) is 0 Å². The van der Waals surface area contributed by atoms with Crippen LogP contribution in [0.2, 0.25) is 0 Å². The van der Waals surface area contributed by atoms with E-state index in [1.54, 1.807) is 14.2 Å². The second-order valence-electron chi connectivity index (χ2n) is 5.20. The van der Waals surface area contributed by atoms with Gasteiger partial charge in [-0.25, -0.2) is 0 Å². The molecule has 4 nitrogen and oxygen atoms in total. The number of likely N-dealkylation sites (tertiary alicyclic amines) is 1. The van der Waals surface area contributed by atoms with Crippen molar-refractivity contribution >= 4 is 0 Å². The number of nitrogens with one attached hydrogen (secondary N) is 1. The van der Waals surface area contributed by atoms with Crippen molar-refractivity contribution < 1.29 is 9.47 Å². The molecular weight excluding hydrogens is 240 g/mol. The van der Waals surface area contributed by atoms with E-state index in [0.717, 1.165) is 24.6 Å². The predicted molar refractivity (Wildman–Crippen MR) is 76.9 cm³/mol. The number of piperidine rings is 1. The van der Waals surface area contributed by atoms with Gasteiger partial charge in [0.1, 0.15) is 11.5 Å². The Morgan fingerprint density at radius 1 is 1.21 bits per heavy atom. The molecule has 1 aliphatic heterocycles. The van der Waals surface area contributed by atoms with Crippen molar-refractivity contribution in [2.45, 2.75) is 25.4 Å². The van der Waals surface area contributed by atoms with Crippen LogP contribution in [0.5, 0.6) is 11.5 Å². The zero-order chi connectivity index (χ0) is 13.7. The van der Waals surface area contributed by atoms with Crippen molar-refractivity contribution in [2.24, 2.45) is 0 Å². The molecule has 1 N–H and O–H groups in total. The minimum absolute atomic E-state index is 0.580. The average molecular weight is 264 g/mol. The second-order valence-corrected chi connectivity index (χ2v) is 5.20. The van der Waals surface area contributed by atoms with E-state index in [4.69, 9.17) is 9.47 Å². The van der Waals surface area contributed by atoms with Crippen molar-refractivity contribution in [3.63, 3.8) is 0 Å². The van der Waals surface area contributed by atoms with Gasteiger partial charge in [-0.3, -0.25) is 0 Å². The molecule has 19 heavy (non-hydrogen) atoms. The van der Waals surface area contributed by atoms with Crippen molar-refractivity contribution in [3.8, 4) is 11.5 Å². The summed E-state index contributed by atoms with van der Waals surface area (Å²) >= 11 is 0. The lowest BCUT2D eigenvalue weighted by Gasteiger charge is -2.30. The summed E-state index contributed by atoms with van der Waals surface area (Å²) in [6.45, 7) is 3.19. The van der Waals surface area contributed by atoms with Gasteiger partial charge in [-0.2, -0.15) is 0 Å². The van der Waals surface area contributed by atoms with Crippen molar-refractivity contribution in [2.75, 3.05) is 34.4 Å². The fourth-order valence-electron chi connectivity index (χ4n) is 2.56. The van der Waals surface area contributed by atoms with Gasteiger partial charge in [0.05, 0.1) is 14.2 Å². The number of benzene rings is 1. The zero-order valence-corrected chi connectivity index (χ0v) is 12.1. The highest BCUT2D eigenvalue weighted by molar-refractivity contribution is 5.38. The second kappa shape index (κ2) is 6.78. The first kappa shape index (κ1) is 14.2. The molecule has 1 heterocycles. The Kier molecular flexibility index (Phi) is 5.05. The van der Waals surface area contributed by atoms with Crippen LogP contribution < -0.4 is 14.8 Å². The first-order chi connectivity index (χ1) is 9.21. The molecule has 2 rings (SSSR count). The van der Waals surface area contributed by atoms with Crippen LogP contribution in [0.15, 0.2) is 18.2 Å². The third-order valence-electron chi connectivity index (χ3n) is 3.63. The average Bonchev–Trinajstić information content (AvgIpc) is 2.44. The van der Waals surface area contributed by atoms with E-state index in [2.05, 4.69) is 29.4 Å². The number of rotatable bonds is 5. The smallest absolute Gasteiger partial charge is 0.122 e. The highest BCUT2D eigenvalue weighted by atomic mass is 16.5. The summed E-state index contributed by atoms with van der Waals surface area (Å²) in [5.74, 6) is 1.69. The van der Waals surface area contributed by atoms with Gasteiger partial charge in [-0.05, 0) is 44.1 Å². The van der Waals surface area contributed by atoms with Gasteiger partial charge in [-0.15, -0.1) is 0 Å². The topological polar surface area (TPSA) is 33.7 Å². The van der Waals surface area contributed by atoms with Crippen LogP contribution in [0.3, 0.4) is 0 Å². The van der Waals surface area contributed by atoms with E-state index in [0.29, 0.717) is 6.04 Å². The standard InChI is InChI=1S/C15H24N2O2/c1-17-6-4-5-13(11-17)16-10-12-7-14(18-2)9-15(8-12)19-3/h7-9,13,16H,4-6,10-11H2,1-3H3. The lowest BCUT2D eigenvalue weighted by molar-refractivity contribution is 0.226. The van der Waals surface area contributed by atoms with Crippen molar-refractivity contribution in [1.29, 1.82) is 0 Å². The minimum atomic E-state index is 0.580. The number of hydrogen-bond donors (Lipinski definition) is 1. The number of methoxy groups -OCH3 is 2. The molecule has 1 aromatic rings. The molecule has 1 saturated heterocycles. The molecule has 0 aromatic heterocycles. The molecule has 1 unspecified atom stereocenters. The molecule has 0 aliphatic carbocycles. The van der Waals surface area contributed by atoms with E-state index in [9.17, 15) is 0 Å². The van der Waals surface area contributed by atoms with E-state index in [1.807, 2.05) is 6.07 Å². The molecule has 106 valence electrons. The number of nitrogens with zero attached hydrogens (tertiary/aromatic N) is 1. The maximum atomic E-state index is 5.29. The maximum Gasteiger partial charge on any atom is 0.122 e. The summed E-state index contributed by atoms with van der Waals surface area (Å²) in [6.07, 6.45) is 2.53. The molecule has 1 aromatic carbocycles. The van der Waals surface area contributed by atoms with Crippen LogP contribution in [-0.4, -0.2) is 45.3 Å². The Morgan fingerprint density at radius 3 is 2.47 bits per heavy atom. The Bertz CT molecular complexity index is 387. The van der Waals surface area contributed by atoms with Gasteiger partial charge in [-0.1, -0.05) is 0 Å². The normalized spacial score (nSPS) is 20.3. The highest BCUT2D eigenvalue weighted by Crippen LogP contribution is 2.22. The number of hydrogen-bond acceptors (Lipinski definition) is 4. The highest BCUT2D eigenvalue weighted by Gasteiger charge is 2.16. The van der Waals surface area contributed by atoms with Gasteiger partial charge in [0, 0.05) is 25.2 Å². The molecule has 1 atom stereocenters. The van der Waals surface area contributed by atoms with Gasteiger partial charge in [0.15, 0.2) is 0 Å². The summed E-state index contributed by atoms with van der Waals surface area (Å²) in [4.78, 5) is 2.38. The van der Waals surface area contributed by atoms with E-state index >= 15 is 0 Å². The molecule has 1 aliphatic rings. The fourth-order valence-corrected chi connectivity index (χ4v) is 2.56. The van der Waals surface area contributed by atoms with E-state index in [1.165, 1.54) is 24.9 Å². The molecular formula is C15H24N2O2. The largest absolute Gasteiger partial charge is 0.497 e. The Hall–Kier alpha value is -1.26. The zero-order valence-electron chi connectivity index (χ0n) is 12.1. The number of ether oxygens (including phenoxy) is 2. The van der Waals surface area contributed by atoms with Crippen LogP contribution in [0.25, 0.3) is 0 Å². The van der Waals surface area contributed by atoms with Crippen LogP contribution in [0.1, 0.15) is 18.4 Å². The third-order valence-corrected chi connectivity index (χ3v) is 3.63. The summed E-state index contributed by atoms with van der Waals surface area (Å²) in [7, 11) is 5.55. The summed E-state index contributed by atoms with van der Waals surface area (Å²) in [5, 5.41) is 3.62. The van der Waals surface area contributed by atoms with Crippen LogP contribution in [0, 0.1) is 0 Å². The quantitative estimate of drug-likeness (QED) is 0.880. The van der Waals surface area contributed by atoms with Crippen molar-refractivity contribution in [3.05, 3.63) is 23.8 Å². The SMILES string of the molecule is COc1cc(CNC2CCCN(C)C2)cc(OC)c1. The van der Waals surface area contributed by atoms with Gasteiger partial charge in [0.2, 0.25) is 0 Å². The monoisotopic (exact) mass is 264 g/mol. The Morgan fingerprint density at radius 2 is 1.89 bits per heavy atom. The molecule has 0 saturated carbocycles. The van der Waals surface area contributed by atoms with E-state index < -0.39 is 0 Å². The maximum absolute atomic E-state index is 5.29. The fraction of sp³-hybridized carbons (Fsp3) is 0.600. The molecule has 0 amide bonds. The van der Waals surface area contributed by atoms with Gasteiger partial charge >= 0.3 is 0 Å². The molecule has 0 bridgehead atoms. The Balaban J connectivity index is 1.94. The summed E-state index contributed by atoms with van der Waals surface area (Å²) in [5.41, 5.74) is 1.20. The lowest BCUT2D eigenvalue weighted by atomic mass is 10.1. The van der Waals surface area contributed by atoms with Gasteiger partial charge < -0.3 is 19.7 Å². The summed E-state index contributed by atoms with van der Waals surface area (Å²) < 4.78 is 10.6. The van der Waals surface area contributed by atoms with Crippen LogP contribution in [0.4, 0.5) is 0 Å². The number of likely N-dealkylation sites (N-methyl/N-ethyl adjacent to an activating group) is 1.